The summed E-state index contributed by atoms with van der Waals surface area (Å²) in [6, 6.07) is 9.17. The number of fused-ring (bicyclic) bond motifs is 1. The first kappa shape index (κ1) is 9.75. The molecule has 0 aliphatic carbocycles. The van der Waals surface area contributed by atoms with Gasteiger partial charge < -0.3 is 4.74 Å². The molecule has 0 aliphatic heterocycles. The molecular formula is C11H7ClN2O. The Bertz CT molecular complexity index is 560. The van der Waals surface area contributed by atoms with Gasteiger partial charge in [-0.3, -0.25) is 0 Å². The molecule has 0 spiro atoms. The van der Waals surface area contributed by atoms with Gasteiger partial charge >= 0.3 is 0 Å². The number of hydrogen-bond donors (Lipinski definition) is 0. The topological polar surface area (TPSA) is 45.9 Å². The molecule has 0 N–H and O–H groups in total. The van der Waals surface area contributed by atoms with Crippen molar-refractivity contribution in [2.75, 3.05) is 7.11 Å². The highest BCUT2D eigenvalue weighted by Crippen LogP contribution is 2.30. The molecule has 1 heterocycles. The number of nitrogens with zero attached hydrogens (tertiary/aromatic N) is 2. The van der Waals surface area contributed by atoms with E-state index in [1.54, 1.807) is 13.2 Å². The lowest BCUT2D eigenvalue weighted by atomic mass is 10.1. The summed E-state index contributed by atoms with van der Waals surface area (Å²) < 4.78 is 5.17. The summed E-state index contributed by atoms with van der Waals surface area (Å²) in [5.41, 5.74) is 0.306. The highest BCUT2D eigenvalue weighted by molar-refractivity contribution is 6.34. The van der Waals surface area contributed by atoms with Crippen molar-refractivity contribution < 1.29 is 4.74 Å². The SMILES string of the molecule is COc1cccc2cc(C#N)nc(Cl)c12. The first-order valence-corrected chi connectivity index (χ1v) is 4.67. The van der Waals surface area contributed by atoms with Gasteiger partial charge in [-0.25, -0.2) is 4.98 Å². The molecule has 1 aromatic heterocycles. The quantitative estimate of drug-likeness (QED) is 0.692. The van der Waals surface area contributed by atoms with Crippen molar-refractivity contribution in [2.45, 2.75) is 0 Å². The predicted octanol–water partition coefficient (Wildman–Crippen LogP) is 2.77. The zero-order valence-corrected chi connectivity index (χ0v) is 8.75. The number of hydrogen-bond acceptors (Lipinski definition) is 3. The Morgan fingerprint density at radius 1 is 1.47 bits per heavy atom. The lowest BCUT2D eigenvalue weighted by Gasteiger charge is -2.06. The van der Waals surface area contributed by atoms with Crippen molar-refractivity contribution in [3.05, 3.63) is 35.1 Å². The van der Waals surface area contributed by atoms with E-state index < -0.39 is 0 Å². The number of pyridine rings is 1. The van der Waals surface area contributed by atoms with Gasteiger partial charge in [-0.2, -0.15) is 5.26 Å². The Morgan fingerprint density at radius 2 is 2.27 bits per heavy atom. The third-order valence-electron chi connectivity index (χ3n) is 2.11. The molecule has 0 unspecified atom stereocenters. The molecule has 0 atom stereocenters. The van der Waals surface area contributed by atoms with E-state index in [1.807, 2.05) is 24.3 Å². The number of halogens is 1. The van der Waals surface area contributed by atoms with Crippen LogP contribution in [0.25, 0.3) is 10.8 Å². The fourth-order valence-corrected chi connectivity index (χ4v) is 1.75. The molecule has 1 aromatic carbocycles. The third kappa shape index (κ3) is 1.60. The Balaban J connectivity index is 2.86. The second-order valence-corrected chi connectivity index (χ2v) is 3.33. The van der Waals surface area contributed by atoms with Crippen LogP contribution < -0.4 is 4.74 Å². The van der Waals surface area contributed by atoms with Crippen LogP contribution in [0.1, 0.15) is 5.69 Å². The molecule has 74 valence electrons. The molecular weight excluding hydrogens is 212 g/mol. The lowest BCUT2D eigenvalue weighted by molar-refractivity contribution is 0.419. The van der Waals surface area contributed by atoms with Crippen molar-refractivity contribution in [1.29, 1.82) is 5.26 Å². The van der Waals surface area contributed by atoms with Crippen molar-refractivity contribution in [1.82, 2.24) is 4.98 Å². The second kappa shape index (κ2) is 3.76. The Morgan fingerprint density at radius 3 is 2.93 bits per heavy atom. The molecule has 0 aliphatic rings. The van der Waals surface area contributed by atoms with E-state index in [2.05, 4.69) is 4.98 Å². The monoisotopic (exact) mass is 218 g/mol. The van der Waals surface area contributed by atoms with Crippen LogP contribution in [0, 0.1) is 11.3 Å². The number of aromatic nitrogens is 1. The van der Waals surface area contributed by atoms with Gasteiger partial charge in [0.15, 0.2) is 0 Å². The summed E-state index contributed by atoms with van der Waals surface area (Å²) in [5.74, 6) is 0.662. The van der Waals surface area contributed by atoms with Crippen LogP contribution in [0.2, 0.25) is 5.15 Å². The van der Waals surface area contributed by atoms with Crippen molar-refractivity contribution in [3.63, 3.8) is 0 Å². The van der Waals surface area contributed by atoms with Gasteiger partial charge in [0.05, 0.1) is 12.5 Å². The number of nitriles is 1. The van der Waals surface area contributed by atoms with Crippen LogP contribution in [0.15, 0.2) is 24.3 Å². The maximum atomic E-state index is 8.75. The molecule has 2 rings (SSSR count). The number of rotatable bonds is 1. The van der Waals surface area contributed by atoms with Gasteiger partial charge in [0.25, 0.3) is 0 Å². The van der Waals surface area contributed by atoms with Crippen LogP contribution in [-0.4, -0.2) is 12.1 Å². The number of methoxy groups -OCH3 is 1. The average Bonchev–Trinajstić information content (AvgIpc) is 2.27. The molecule has 0 saturated heterocycles. The van der Waals surface area contributed by atoms with E-state index in [0.29, 0.717) is 16.6 Å². The Labute approximate surface area is 91.9 Å². The van der Waals surface area contributed by atoms with Crippen LogP contribution in [0.3, 0.4) is 0 Å². The minimum absolute atomic E-state index is 0.293. The highest BCUT2D eigenvalue weighted by atomic mass is 35.5. The summed E-state index contributed by atoms with van der Waals surface area (Å²) >= 11 is 5.98. The van der Waals surface area contributed by atoms with Gasteiger partial charge in [-0.05, 0) is 17.5 Å². The zero-order chi connectivity index (χ0) is 10.8. The number of ether oxygens (including phenoxy) is 1. The standard InChI is InChI=1S/C11H7ClN2O/c1-15-9-4-2-3-7-5-8(6-13)14-11(12)10(7)9/h2-5H,1H3. The summed E-state index contributed by atoms with van der Waals surface area (Å²) in [6.45, 7) is 0. The molecule has 0 fully saturated rings. The molecule has 0 amide bonds. The fraction of sp³-hybridized carbons (Fsp3) is 0.0909. The van der Waals surface area contributed by atoms with Gasteiger partial charge in [0.1, 0.15) is 22.7 Å². The first-order valence-electron chi connectivity index (χ1n) is 4.29. The predicted molar refractivity (Wildman–Crippen MR) is 58.0 cm³/mol. The first-order chi connectivity index (χ1) is 7.26. The van der Waals surface area contributed by atoms with E-state index in [4.69, 9.17) is 21.6 Å². The van der Waals surface area contributed by atoms with Crippen molar-refractivity contribution in [3.8, 4) is 11.8 Å². The molecule has 0 bridgehead atoms. The van der Waals surface area contributed by atoms with Gasteiger partial charge in [-0.15, -0.1) is 0 Å². The van der Waals surface area contributed by atoms with Gasteiger partial charge in [0, 0.05) is 0 Å². The van der Waals surface area contributed by atoms with E-state index in [9.17, 15) is 0 Å². The summed E-state index contributed by atoms with van der Waals surface area (Å²) in [5, 5.41) is 10.6. The number of benzene rings is 1. The average molecular weight is 219 g/mol. The largest absolute Gasteiger partial charge is 0.496 e. The second-order valence-electron chi connectivity index (χ2n) is 2.97. The van der Waals surface area contributed by atoms with E-state index >= 15 is 0 Å². The molecule has 0 saturated carbocycles. The normalized spacial score (nSPS) is 9.93. The molecule has 0 radical (unpaired) electrons. The Kier molecular flexibility index (Phi) is 2.44. The minimum atomic E-state index is 0.293. The summed E-state index contributed by atoms with van der Waals surface area (Å²) in [6.07, 6.45) is 0. The highest BCUT2D eigenvalue weighted by Gasteiger charge is 2.08. The van der Waals surface area contributed by atoms with Gasteiger partial charge in [-0.1, -0.05) is 23.7 Å². The summed E-state index contributed by atoms with van der Waals surface area (Å²) in [7, 11) is 1.57. The van der Waals surface area contributed by atoms with Gasteiger partial charge in [0.2, 0.25) is 0 Å². The maximum absolute atomic E-state index is 8.75. The van der Waals surface area contributed by atoms with E-state index in [0.717, 1.165) is 10.8 Å². The molecule has 4 heteroatoms. The molecule has 2 aromatic rings. The fourth-order valence-electron chi connectivity index (χ4n) is 1.46. The molecule has 15 heavy (non-hydrogen) atoms. The zero-order valence-electron chi connectivity index (χ0n) is 7.99. The van der Waals surface area contributed by atoms with Crippen LogP contribution in [-0.2, 0) is 0 Å². The van der Waals surface area contributed by atoms with E-state index in [-0.39, 0.29) is 0 Å². The van der Waals surface area contributed by atoms with Crippen LogP contribution in [0.5, 0.6) is 5.75 Å². The van der Waals surface area contributed by atoms with E-state index in [1.165, 1.54) is 0 Å². The Hall–Kier alpha value is -1.79. The molecule has 3 nitrogen and oxygen atoms in total. The summed E-state index contributed by atoms with van der Waals surface area (Å²) in [4.78, 5) is 3.95. The lowest BCUT2D eigenvalue weighted by Crippen LogP contribution is -1.89. The van der Waals surface area contributed by atoms with Crippen LogP contribution in [0.4, 0.5) is 0 Å². The third-order valence-corrected chi connectivity index (χ3v) is 2.38. The maximum Gasteiger partial charge on any atom is 0.142 e. The minimum Gasteiger partial charge on any atom is -0.496 e. The van der Waals surface area contributed by atoms with Crippen LogP contribution >= 0.6 is 11.6 Å². The van der Waals surface area contributed by atoms with Crippen molar-refractivity contribution in [2.24, 2.45) is 0 Å². The van der Waals surface area contributed by atoms with Crippen molar-refractivity contribution >= 4 is 22.4 Å². The smallest absolute Gasteiger partial charge is 0.142 e.